The van der Waals surface area contributed by atoms with Crippen molar-refractivity contribution in [3.8, 4) is 0 Å². The van der Waals surface area contributed by atoms with Crippen LogP contribution in [0.1, 0.15) is 56.9 Å². The molecule has 5 aliphatic heterocycles. The second-order valence-corrected chi connectivity index (χ2v) is 12.1. The molecule has 0 amide bonds. The molecule has 0 saturated carbocycles. The molecule has 0 radical (unpaired) electrons. The summed E-state index contributed by atoms with van der Waals surface area (Å²) < 4.78 is 62.7. The van der Waals surface area contributed by atoms with E-state index in [4.69, 9.17) is 14.2 Å². The zero-order valence-corrected chi connectivity index (χ0v) is 23.6. The van der Waals surface area contributed by atoms with Crippen LogP contribution in [0.25, 0.3) is 0 Å². The number of piperidine rings is 1. The number of benzene rings is 1. The molecule has 13 heteroatoms. The first-order valence-corrected chi connectivity index (χ1v) is 15.1. The minimum absolute atomic E-state index is 0.138. The van der Waals surface area contributed by atoms with Crippen molar-refractivity contribution in [3.05, 3.63) is 57.7 Å². The minimum atomic E-state index is -4.76. The van der Waals surface area contributed by atoms with Crippen LogP contribution < -0.4 is 16.2 Å². The zero-order chi connectivity index (χ0) is 29.3. The van der Waals surface area contributed by atoms with Gasteiger partial charge >= 0.3 is 6.18 Å². The van der Waals surface area contributed by atoms with Crippen molar-refractivity contribution < 1.29 is 32.3 Å². The molecule has 4 fully saturated rings. The van der Waals surface area contributed by atoms with Gasteiger partial charge in [-0.05, 0) is 43.4 Å². The van der Waals surface area contributed by atoms with Crippen LogP contribution in [0.4, 0.5) is 13.2 Å². The zero-order valence-electron chi connectivity index (χ0n) is 23.6. The molecule has 5 heterocycles. The highest BCUT2D eigenvalue weighted by molar-refractivity contribution is 5.18. The third-order valence-corrected chi connectivity index (χ3v) is 9.71. The summed E-state index contributed by atoms with van der Waals surface area (Å²) in [6.07, 6.45) is -1.06. The molecule has 1 aromatic carbocycles. The smallest absolute Gasteiger partial charge is 0.373 e. The Bertz CT molecular complexity index is 1130. The largest absolute Gasteiger partial charge is 0.421 e. The Labute approximate surface area is 243 Å². The minimum Gasteiger partial charge on any atom is -0.373 e. The number of hydrazine groups is 1. The molecule has 8 atom stereocenters. The number of nitro groups is 1. The maximum absolute atomic E-state index is 15.1. The van der Waals surface area contributed by atoms with E-state index in [9.17, 15) is 10.1 Å². The van der Waals surface area contributed by atoms with Crippen LogP contribution in [0.3, 0.4) is 0 Å². The molecule has 5 aliphatic rings. The van der Waals surface area contributed by atoms with Gasteiger partial charge in [-0.3, -0.25) is 20.3 Å². The molecule has 10 nitrogen and oxygen atoms in total. The molecule has 0 aromatic heterocycles. The van der Waals surface area contributed by atoms with Crippen LogP contribution in [0.5, 0.6) is 0 Å². The lowest BCUT2D eigenvalue weighted by Gasteiger charge is -2.47. The Kier molecular flexibility index (Phi) is 8.88. The van der Waals surface area contributed by atoms with E-state index in [0.29, 0.717) is 31.6 Å². The lowest BCUT2D eigenvalue weighted by molar-refractivity contribution is -0.535. The summed E-state index contributed by atoms with van der Waals surface area (Å²) in [5.41, 5.74) is 4.58. The summed E-state index contributed by atoms with van der Waals surface area (Å²) in [5, 5.41) is 16.0. The van der Waals surface area contributed by atoms with E-state index < -0.39 is 36.3 Å². The fourth-order valence-corrected chi connectivity index (χ4v) is 7.50. The summed E-state index contributed by atoms with van der Waals surface area (Å²) in [7, 11) is 0. The first-order valence-electron chi connectivity index (χ1n) is 15.1. The monoisotopic (exact) mass is 595 g/mol. The van der Waals surface area contributed by atoms with Crippen LogP contribution in [-0.2, 0) is 20.8 Å². The number of ether oxygens (including phenoxy) is 3. The van der Waals surface area contributed by atoms with Gasteiger partial charge in [-0.2, -0.15) is 13.2 Å². The Morgan fingerprint density at radius 1 is 1.12 bits per heavy atom. The van der Waals surface area contributed by atoms with Crippen molar-refractivity contribution in [1.82, 2.24) is 21.1 Å². The van der Waals surface area contributed by atoms with Crippen LogP contribution >= 0.6 is 0 Å². The molecule has 6 rings (SSSR count). The van der Waals surface area contributed by atoms with Gasteiger partial charge in [-0.1, -0.05) is 55.7 Å². The standard InChI is InChI=1S/C29H40F3N5O5/c30-29(31,32)28(41-17-19-8-3-1-4-9-19)13-6-2-5-10-21-11-7-14-36(21)25-22(20-12-15-40-18-20)16-23(37(38)39)24(33-25)26-34-35-27(28)42-26/h1,3-4,8-9,12,21-27,33-35H,2,5-7,10-11,13-18H2/t21-,22?,23?,24?,25?,26?,27?,28?/m0/s1. The Morgan fingerprint density at radius 2 is 1.93 bits per heavy atom. The van der Waals surface area contributed by atoms with Crippen LogP contribution in [0.15, 0.2) is 42.0 Å². The van der Waals surface area contributed by atoms with Gasteiger partial charge < -0.3 is 14.2 Å². The summed E-state index contributed by atoms with van der Waals surface area (Å²) in [6, 6.07) is 7.06. The van der Waals surface area contributed by atoms with E-state index in [2.05, 4.69) is 21.1 Å². The molecule has 4 bridgehead atoms. The third-order valence-electron chi connectivity index (χ3n) is 9.71. The lowest BCUT2D eigenvalue weighted by Crippen LogP contribution is -2.68. The van der Waals surface area contributed by atoms with Gasteiger partial charge in [-0.15, -0.1) is 0 Å². The summed E-state index contributed by atoms with van der Waals surface area (Å²) >= 11 is 0. The van der Waals surface area contributed by atoms with Crippen molar-refractivity contribution in [3.63, 3.8) is 0 Å². The van der Waals surface area contributed by atoms with Crippen molar-refractivity contribution in [1.29, 1.82) is 0 Å². The maximum atomic E-state index is 15.1. The fraction of sp³-hybridized carbons (Fsp3) is 0.724. The summed E-state index contributed by atoms with van der Waals surface area (Å²) in [5.74, 6) is -0.138. The van der Waals surface area contributed by atoms with E-state index in [1.807, 2.05) is 6.08 Å². The maximum Gasteiger partial charge on any atom is 0.421 e. The van der Waals surface area contributed by atoms with Gasteiger partial charge in [-0.25, -0.2) is 10.9 Å². The molecule has 3 N–H and O–H groups in total. The number of nitrogens with zero attached hydrogens (tertiary/aromatic N) is 2. The van der Waals surface area contributed by atoms with Crippen molar-refractivity contribution in [2.24, 2.45) is 5.92 Å². The number of rotatable bonds is 5. The van der Waals surface area contributed by atoms with E-state index in [-0.39, 0.29) is 42.5 Å². The van der Waals surface area contributed by atoms with Gasteiger partial charge in [0.15, 0.2) is 6.23 Å². The van der Waals surface area contributed by atoms with Gasteiger partial charge in [0.1, 0.15) is 12.3 Å². The number of nitrogens with one attached hydrogen (secondary N) is 3. The number of halogens is 3. The Hall–Kier alpha value is -2.13. The summed E-state index contributed by atoms with van der Waals surface area (Å²) in [6.45, 7) is 1.54. The average Bonchev–Trinajstić information content (AvgIpc) is 3.76. The average molecular weight is 596 g/mol. The van der Waals surface area contributed by atoms with E-state index in [1.54, 1.807) is 30.3 Å². The SMILES string of the molecule is O=[N+]([O-])C1CC(C2=CCOC2)C2NC1C1NNC(O1)C(OCc1ccccc1)(C(F)(F)F)CCCCC[C@H]1CCCN21. The van der Waals surface area contributed by atoms with Crippen LogP contribution in [0.2, 0.25) is 0 Å². The molecule has 7 unspecified atom stereocenters. The van der Waals surface area contributed by atoms with Crippen molar-refractivity contribution in [2.45, 2.75) is 106 Å². The van der Waals surface area contributed by atoms with Crippen molar-refractivity contribution >= 4 is 0 Å². The number of fused-ring (bicyclic) bond motifs is 7. The van der Waals surface area contributed by atoms with E-state index in [0.717, 1.165) is 37.8 Å². The first-order chi connectivity index (χ1) is 20.3. The topological polar surface area (TPSA) is 110 Å². The molecular formula is C29H40F3N5O5. The molecule has 0 aliphatic carbocycles. The molecule has 42 heavy (non-hydrogen) atoms. The molecule has 1 aromatic rings. The highest BCUT2D eigenvalue weighted by Gasteiger charge is 2.64. The predicted molar refractivity (Wildman–Crippen MR) is 146 cm³/mol. The van der Waals surface area contributed by atoms with Crippen LogP contribution in [-0.4, -0.2) is 78.1 Å². The number of alkyl halides is 3. The van der Waals surface area contributed by atoms with Gasteiger partial charge in [0.25, 0.3) is 0 Å². The third kappa shape index (κ3) is 5.84. The van der Waals surface area contributed by atoms with E-state index >= 15 is 13.2 Å². The highest BCUT2D eigenvalue weighted by Crippen LogP contribution is 2.44. The summed E-state index contributed by atoms with van der Waals surface area (Å²) in [4.78, 5) is 14.5. The fourth-order valence-electron chi connectivity index (χ4n) is 7.50. The van der Waals surface area contributed by atoms with Gasteiger partial charge in [0.05, 0.1) is 26.0 Å². The number of hydrogen-bond donors (Lipinski definition) is 3. The molecule has 0 spiro atoms. The molecule has 232 valence electrons. The van der Waals surface area contributed by atoms with E-state index in [1.165, 1.54) is 0 Å². The van der Waals surface area contributed by atoms with Gasteiger partial charge in [0.2, 0.25) is 11.6 Å². The second kappa shape index (κ2) is 12.5. The lowest BCUT2D eigenvalue weighted by atomic mass is 9.81. The predicted octanol–water partition coefficient (Wildman–Crippen LogP) is 3.62. The molecular weight excluding hydrogens is 555 g/mol. The van der Waals surface area contributed by atoms with Gasteiger partial charge in [0, 0.05) is 23.3 Å². The molecule has 4 saturated heterocycles. The normalized spacial score (nSPS) is 38.1. The quantitative estimate of drug-likeness (QED) is 0.267. The second-order valence-electron chi connectivity index (χ2n) is 12.1. The highest BCUT2D eigenvalue weighted by atomic mass is 19.4. The first kappa shape index (κ1) is 29.9. The Morgan fingerprint density at radius 3 is 2.67 bits per heavy atom. The Balaban J connectivity index is 1.33. The van der Waals surface area contributed by atoms with Crippen molar-refractivity contribution in [2.75, 3.05) is 19.8 Å². The number of hydrogen-bond acceptors (Lipinski definition) is 9. The van der Waals surface area contributed by atoms with Crippen LogP contribution in [0, 0.1) is 16.0 Å².